The molecule has 1 unspecified atom stereocenters. The summed E-state index contributed by atoms with van der Waals surface area (Å²) in [4.78, 5) is 12.3. The third-order valence-corrected chi connectivity index (χ3v) is 3.87. The molecule has 0 spiro atoms. The summed E-state index contributed by atoms with van der Waals surface area (Å²) in [6.07, 6.45) is 3.31. The van der Waals surface area contributed by atoms with Crippen molar-refractivity contribution in [2.24, 2.45) is 5.41 Å². The Balaban J connectivity index is 2.04. The van der Waals surface area contributed by atoms with Crippen LogP contribution in [0.4, 0.5) is 0 Å². The number of hydrogen-bond donors (Lipinski definition) is 1. The van der Waals surface area contributed by atoms with Gasteiger partial charge in [0.1, 0.15) is 0 Å². The molecule has 0 aromatic heterocycles. The van der Waals surface area contributed by atoms with Crippen LogP contribution in [0.15, 0.2) is 24.3 Å². The van der Waals surface area contributed by atoms with E-state index in [0.29, 0.717) is 18.1 Å². The minimum absolute atomic E-state index is 0.0235. The summed E-state index contributed by atoms with van der Waals surface area (Å²) in [5, 5.41) is 3.16. The molecule has 1 N–H and O–H groups in total. The second-order valence-corrected chi connectivity index (χ2v) is 6.17. The van der Waals surface area contributed by atoms with Gasteiger partial charge >= 0.3 is 0 Å². The Labute approximate surface area is 115 Å². The zero-order chi connectivity index (χ0) is 13.9. The Bertz CT molecular complexity index is 454. The van der Waals surface area contributed by atoms with Crippen LogP contribution in [0.1, 0.15) is 49.0 Å². The van der Waals surface area contributed by atoms with Crippen molar-refractivity contribution in [3.63, 3.8) is 0 Å². The Hall–Kier alpha value is -1.35. The zero-order valence-corrected chi connectivity index (χ0v) is 12.0. The van der Waals surface area contributed by atoms with Crippen LogP contribution in [0.5, 0.6) is 0 Å². The molecule has 1 saturated carbocycles. The van der Waals surface area contributed by atoms with Gasteiger partial charge in [-0.1, -0.05) is 32.0 Å². The smallest absolute Gasteiger partial charge is 0.251 e. The molecule has 0 aliphatic heterocycles. The highest BCUT2D eigenvalue weighted by Crippen LogP contribution is 2.37. The van der Waals surface area contributed by atoms with Crippen molar-refractivity contribution in [2.75, 3.05) is 7.11 Å². The van der Waals surface area contributed by atoms with Gasteiger partial charge < -0.3 is 10.1 Å². The molecule has 104 valence electrons. The highest BCUT2D eigenvalue weighted by molar-refractivity contribution is 5.95. The lowest BCUT2D eigenvalue weighted by atomic mass is 9.92. The molecule has 0 saturated heterocycles. The molecule has 1 aromatic rings. The molecular formula is C16H23NO2. The molecule has 0 heterocycles. The van der Waals surface area contributed by atoms with E-state index in [2.05, 4.69) is 19.2 Å². The van der Waals surface area contributed by atoms with Crippen molar-refractivity contribution in [3.8, 4) is 0 Å². The Kier molecular flexibility index (Phi) is 4.25. The van der Waals surface area contributed by atoms with Crippen molar-refractivity contribution in [1.29, 1.82) is 0 Å². The summed E-state index contributed by atoms with van der Waals surface area (Å²) in [5.74, 6) is 0.0235. The van der Waals surface area contributed by atoms with E-state index in [1.54, 1.807) is 7.11 Å². The molecule has 1 amide bonds. The van der Waals surface area contributed by atoms with Crippen LogP contribution in [0.2, 0.25) is 0 Å². The van der Waals surface area contributed by atoms with E-state index >= 15 is 0 Å². The number of amides is 1. The van der Waals surface area contributed by atoms with Crippen molar-refractivity contribution in [3.05, 3.63) is 35.4 Å². The quantitative estimate of drug-likeness (QED) is 0.904. The van der Waals surface area contributed by atoms with E-state index in [9.17, 15) is 4.79 Å². The van der Waals surface area contributed by atoms with Crippen LogP contribution in [-0.4, -0.2) is 19.1 Å². The third-order valence-electron chi connectivity index (χ3n) is 3.87. The highest BCUT2D eigenvalue weighted by atomic mass is 16.5. The maximum atomic E-state index is 12.3. The second kappa shape index (κ2) is 5.74. The largest absolute Gasteiger partial charge is 0.380 e. The van der Waals surface area contributed by atoms with E-state index in [1.165, 1.54) is 6.42 Å². The van der Waals surface area contributed by atoms with Crippen LogP contribution >= 0.6 is 0 Å². The maximum absolute atomic E-state index is 12.3. The number of rotatable bonds is 4. The number of nitrogens with one attached hydrogen (secondary N) is 1. The van der Waals surface area contributed by atoms with Crippen molar-refractivity contribution < 1.29 is 9.53 Å². The predicted molar refractivity (Wildman–Crippen MR) is 76.0 cm³/mol. The first-order valence-corrected chi connectivity index (χ1v) is 6.89. The Morgan fingerprint density at radius 1 is 1.42 bits per heavy atom. The summed E-state index contributed by atoms with van der Waals surface area (Å²) in [7, 11) is 1.65. The number of carbonyl (C=O) groups excluding carboxylic acids is 1. The fraction of sp³-hybridized carbons (Fsp3) is 0.562. The number of hydrogen-bond acceptors (Lipinski definition) is 2. The fourth-order valence-corrected chi connectivity index (χ4v) is 2.85. The van der Waals surface area contributed by atoms with Gasteiger partial charge in [-0.3, -0.25) is 4.79 Å². The molecule has 0 radical (unpaired) electrons. The second-order valence-electron chi connectivity index (χ2n) is 6.17. The molecular weight excluding hydrogens is 238 g/mol. The van der Waals surface area contributed by atoms with Crippen molar-refractivity contribution in [2.45, 2.75) is 45.8 Å². The minimum Gasteiger partial charge on any atom is -0.380 e. The van der Waals surface area contributed by atoms with Crippen LogP contribution in [0, 0.1) is 5.41 Å². The lowest BCUT2D eigenvalue weighted by Gasteiger charge is -2.18. The molecule has 2 rings (SSSR count). The van der Waals surface area contributed by atoms with E-state index < -0.39 is 0 Å². The van der Waals surface area contributed by atoms with Gasteiger partial charge in [0.2, 0.25) is 0 Å². The highest BCUT2D eigenvalue weighted by Gasteiger charge is 2.31. The third kappa shape index (κ3) is 3.57. The average molecular weight is 261 g/mol. The van der Waals surface area contributed by atoms with Crippen LogP contribution in [-0.2, 0) is 11.3 Å². The SMILES string of the molecule is COCc1ccccc1C(=O)NC1CCC(C)(C)C1. The molecule has 1 fully saturated rings. The van der Waals surface area contributed by atoms with Gasteiger partial charge in [-0.15, -0.1) is 0 Å². The number of ether oxygens (including phenoxy) is 1. The number of benzene rings is 1. The van der Waals surface area contributed by atoms with Gasteiger partial charge in [0.05, 0.1) is 6.61 Å². The van der Waals surface area contributed by atoms with E-state index in [1.807, 2.05) is 24.3 Å². The van der Waals surface area contributed by atoms with Crippen LogP contribution in [0.3, 0.4) is 0 Å². The molecule has 3 nitrogen and oxygen atoms in total. The van der Waals surface area contributed by atoms with Crippen LogP contribution < -0.4 is 5.32 Å². The number of methoxy groups -OCH3 is 1. The zero-order valence-electron chi connectivity index (χ0n) is 12.0. The van der Waals surface area contributed by atoms with Gasteiger partial charge in [0, 0.05) is 18.7 Å². The minimum atomic E-state index is 0.0235. The van der Waals surface area contributed by atoms with E-state index in [0.717, 1.165) is 24.0 Å². The standard InChI is InChI=1S/C16H23NO2/c1-16(2)9-8-13(10-16)17-15(18)14-7-5-4-6-12(14)11-19-3/h4-7,13H,8-11H2,1-3H3,(H,17,18). The maximum Gasteiger partial charge on any atom is 0.251 e. The lowest BCUT2D eigenvalue weighted by molar-refractivity contribution is 0.0931. The first-order chi connectivity index (χ1) is 9.02. The van der Waals surface area contributed by atoms with E-state index in [-0.39, 0.29) is 5.91 Å². The van der Waals surface area contributed by atoms with Gasteiger partial charge in [-0.25, -0.2) is 0 Å². The predicted octanol–water partition coefficient (Wildman–Crippen LogP) is 3.14. The molecule has 0 bridgehead atoms. The normalized spacial score (nSPS) is 21.3. The van der Waals surface area contributed by atoms with E-state index in [4.69, 9.17) is 4.74 Å². The topological polar surface area (TPSA) is 38.3 Å². The average Bonchev–Trinajstić information content (AvgIpc) is 2.69. The summed E-state index contributed by atoms with van der Waals surface area (Å²) in [6, 6.07) is 7.94. The molecule has 19 heavy (non-hydrogen) atoms. The monoisotopic (exact) mass is 261 g/mol. The summed E-state index contributed by atoms with van der Waals surface area (Å²) in [5.41, 5.74) is 2.03. The molecule has 1 aliphatic carbocycles. The molecule has 3 heteroatoms. The fourth-order valence-electron chi connectivity index (χ4n) is 2.85. The molecule has 1 aromatic carbocycles. The molecule has 1 aliphatic rings. The Morgan fingerprint density at radius 3 is 2.79 bits per heavy atom. The first kappa shape index (κ1) is 14.1. The first-order valence-electron chi connectivity index (χ1n) is 6.89. The summed E-state index contributed by atoms with van der Waals surface area (Å²) >= 11 is 0. The molecule has 1 atom stereocenters. The van der Waals surface area contributed by atoms with Gasteiger partial charge in [-0.2, -0.15) is 0 Å². The van der Waals surface area contributed by atoms with Gasteiger partial charge in [0.25, 0.3) is 5.91 Å². The van der Waals surface area contributed by atoms with Crippen LogP contribution in [0.25, 0.3) is 0 Å². The lowest BCUT2D eigenvalue weighted by Crippen LogP contribution is -2.34. The number of carbonyl (C=O) groups is 1. The van der Waals surface area contributed by atoms with Gasteiger partial charge in [0.15, 0.2) is 0 Å². The van der Waals surface area contributed by atoms with Gasteiger partial charge in [-0.05, 0) is 36.3 Å². The summed E-state index contributed by atoms with van der Waals surface area (Å²) in [6.45, 7) is 5.00. The Morgan fingerprint density at radius 2 is 2.16 bits per heavy atom. The summed E-state index contributed by atoms with van der Waals surface area (Å²) < 4.78 is 5.14. The van der Waals surface area contributed by atoms with Crippen molar-refractivity contribution in [1.82, 2.24) is 5.32 Å². The van der Waals surface area contributed by atoms with Crippen molar-refractivity contribution >= 4 is 5.91 Å².